The highest BCUT2D eigenvalue weighted by Crippen LogP contribution is 2.25. The van der Waals surface area contributed by atoms with E-state index in [1.807, 2.05) is 18.3 Å². The van der Waals surface area contributed by atoms with Crippen LogP contribution in [0.15, 0.2) is 37.1 Å². The van der Waals surface area contributed by atoms with E-state index in [9.17, 15) is 0 Å². The summed E-state index contributed by atoms with van der Waals surface area (Å²) in [7, 11) is 0. The van der Waals surface area contributed by atoms with Crippen molar-refractivity contribution >= 4 is 28.5 Å². The van der Waals surface area contributed by atoms with Crippen molar-refractivity contribution in [1.29, 1.82) is 0 Å². The summed E-state index contributed by atoms with van der Waals surface area (Å²) in [6.45, 7) is 5.74. The molecule has 8 heteroatoms. The molecule has 8 nitrogen and oxygen atoms in total. The monoisotopic (exact) mass is 362 g/mol. The van der Waals surface area contributed by atoms with E-state index in [1.165, 1.54) is 12.8 Å². The molecule has 3 aromatic rings. The summed E-state index contributed by atoms with van der Waals surface area (Å²) in [5.41, 5.74) is 0.885. The number of pyridine rings is 1. The van der Waals surface area contributed by atoms with Crippen molar-refractivity contribution < 1.29 is 0 Å². The highest BCUT2D eigenvalue weighted by atomic mass is 15.3. The van der Waals surface area contributed by atoms with Crippen LogP contribution in [0.1, 0.15) is 12.8 Å². The van der Waals surface area contributed by atoms with Crippen LogP contribution in [0.4, 0.5) is 17.6 Å². The predicted octanol–water partition coefficient (Wildman–Crippen LogP) is 1.74. The fourth-order valence-corrected chi connectivity index (χ4v) is 3.88. The van der Waals surface area contributed by atoms with Crippen LogP contribution in [0.2, 0.25) is 0 Å². The zero-order valence-electron chi connectivity index (χ0n) is 15.2. The molecule has 2 aliphatic heterocycles. The van der Waals surface area contributed by atoms with Gasteiger partial charge in [0.25, 0.3) is 0 Å². The molecule has 0 saturated carbocycles. The van der Waals surface area contributed by atoms with Gasteiger partial charge in [-0.15, -0.1) is 0 Å². The third kappa shape index (κ3) is 3.11. The van der Waals surface area contributed by atoms with Crippen molar-refractivity contribution in [3.8, 4) is 0 Å². The molecule has 0 atom stereocenters. The number of aromatic nitrogens is 5. The molecule has 138 valence electrons. The summed E-state index contributed by atoms with van der Waals surface area (Å²) < 4.78 is 0. The number of anilines is 3. The van der Waals surface area contributed by atoms with Crippen molar-refractivity contribution in [2.45, 2.75) is 12.8 Å². The Morgan fingerprint density at radius 3 is 2.41 bits per heavy atom. The quantitative estimate of drug-likeness (QED) is 0.698. The number of nitrogens with zero attached hydrogens (tertiary/aromatic N) is 8. The standard InChI is InChI=1S/C19H22N8/c1-2-8-27(7-1)19-21-6-4-17(24-19)25-9-11-26(12-10-25)18-15-3-5-20-13-16(15)22-14-23-18/h3-6,13-14H,1-2,7-12H2. The fraction of sp³-hybridized carbons (Fsp3) is 0.421. The zero-order chi connectivity index (χ0) is 18.1. The van der Waals surface area contributed by atoms with Gasteiger partial charge in [-0.05, 0) is 25.0 Å². The van der Waals surface area contributed by atoms with Crippen molar-refractivity contribution in [2.24, 2.45) is 0 Å². The van der Waals surface area contributed by atoms with E-state index in [1.54, 1.807) is 18.7 Å². The van der Waals surface area contributed by atoms with Crippen LogP contribution in [0.3, 0.4) is 0 Å². The minimum atomic E-state index is 0.863. The van der Waals surface area contributed by atoms with Crippen LogP contribution >= 0.6 is 0 Å². The van der Waals surface area contributed by atoms with Crippen molar-refractivity contribution in [3.63, 3.8) is 0 Å². The molecule has 2 aliphatic rings. The Hall–Kier alpha value is -3.03. The second-order valence-electron chi connectivity index (χ2n) is 6.97. The molecule has 0 bridgehead atoms. The maximum atomic E-state index is 4.81. The Kier molecular flexibility index (Phi) is 4.16. The summed E-state index contributed by atoms with van der Waals surface area (Å²) in [5.74, 6) is 2.87. The first kappa shape index (κ1) is 16.2. The molecule has 0 spiro atoms. The Labute approximate surface area is 157 Å². The lowest BCUT2D eigenvalue weighted by Crippen LogP contribution is -2.47. The van der Waals surface area contributed by atoms with E-state index in [0.717, 1.165) is 67.8 Å². The number of rotatable bonds is 3. The van der Waals surface area contributed by atoms with Crippen LogP contribution in [0, 0.1) is 0 Å². The van der Waals surface area contributed by atoms with E-state index >= 15 is 0 Å². The van der Waals surface area contributed by atoms with Crippen molar-refractivity contribution in [1.82, 2.24) is 24.9 Å². The molecule has 0 aliphatic carbocycles. The molecular formula is C19H22N8. The van der Waals surface area contributed by atoms with Crippen LogP contribution in [0.25, 0.3) is 10.9 Å². The van der Waals surface area contributed by atoms with Crippen molar-refractivity contribution in [2.75, 3.05) is 54.0 Å². The van der Waals surface area contributed by atoms with Gasteiger partial charge in [0, 0.05) is 57.0 Å². The van der Waals surface area contributed by atoms with E-state index in [0.29, 0.717) is 0 Å². The highest BCUT2D eigenvalue weighted by molar-refractivity contribution is 5.88. The second-order valence-corrected chi connectivity index (χ2v) is 6.97. The number of fused-ring (bicyclic) bond motifs is 1. The summed E-state index contributed by atoms with van der Waals surface area (Å²) >= 11 is 0. The highest BCUT2D eigenvalue weighted by Gasteiger charge is 2.22. The Morgan fingerprint density at radius 1 is 0.741 bits per heavy atom. The first-order valence-electron chi connectivity index (χ1n) is 9.51. The molecule has 0 N–H and O–H groups in total. The van der Waals surface area contributed by atoms with E-state index in [2.05, 4.69) is 34.6 Å². The van der Waals surface area contributed by atoms with Gasteiger partial charge < -0.3 is 14.7 Å². The smallest absolute Gasteiger partial charge is 0.227 e. The Balaban J connectivity index is 1.32. The minimum absolute atomic E-state index is 0.863. The Bertz CT molecular complexity index is 926. The van der Waals surface area contributed by atoms with Gasteiger partial charge in [0.2, 0.25) is 5.95 Å². The number of hydrogen-bond donors (Lipinski definition) is 0. The molecule has 0 unspecified atom stereocenters. The first-order valence-corrected chi connectivity index (χ1v) is 9.51. The average molecular weight is 362 g/mol. The van der Waals surface area contributed by atoms with E-state index < -0.39 is 0 Å². The Morgan fingerprint density at radius 2 is 1.56 bits per heavy atom. The molecular weight excluding hydrogens is 340 g/mol. The summed E-state index contributed by atoms with van der Waals surface area (Å²) in [6, 6.07) is 4.00. The summed E-state index contributed by atoms with van der Waals surface area (Å²) in [6.07, 6.45) is 9.55. The maximum Gasteiger partial charge on any atom is 0.227 e. The van der Waals surface area contributed by atoms with Gasteiger partial charge >= 0.3 is 0 Å². The van der Waals surface area contributed by atoms with Gasteiger partial charge in [-0.3, -0.25) is 4.98 Å². The van der Waals surface area contributed by atoms with E-state index in [4.69, 9.17) is 4.98 Å². The number of piperazine rings is 1. The molecule has 2 fully saturated rings. The van der Waals surface area contributed by atoms with Gasteiger partial charge in [-0.25, -0.2) is 15.0 Å². The van der Waals surface area contributed by atoms with Gasteiger partial charge in [-0.2, -0.15) is 4.98 Å². The third-order valence-corrected chi connectivity index (χ3v) is 5.34. The van der Waals surface area contributed by atoms with Gasteiger partial charge in [0.15, 0.2) is 0 Å². The molecule has 0 radical (unpaired) electrons. The molecule has 27 heavy (non-hydrogen) atoms. The molecule has 2 saturated heterocycles. The summed E-state index contributed by atoms with van der Waals surface area (Å²) in [4.78, 5) is 29.2. The molecule has 3 aromatic heterocycles. The van der Waals surface area contributed by atoms with Crippen LogP contribution in [0.5, 0.6) is 0 Å². The SMILES string of the molecule is c1cc2c(N3CCN(c4ccnc(N5CCCC5)n4)CC3)ncnc2cn1. The molecule has 0 amide bonds. The van der Waals surface area contributed by atoms with Crippen LogP contribution in [-0.2, 0) is 0 Å². The van der Waals surface area contributed by atoms with Gasteiger partial charge in [0.05, 0.1) is 11.7 Å². The lowest BCUT2D eigenvalue weighted by Gasteiger charge is -2.36. The van der Waals surface area contributed by atoms with Crippen LogP contribution in [-0.4, -0.2) is 64.2 Å². The van der Waals surface area contributed by atoms with Gasteiger partial charge in [0.1, 0.15) is 18.0 Å². The maximum absolute atomic E-state index is 4.81. The van der Waals surface area contributed by atoms with E-state index in [-0.39, 0.29) is 0 Å². The fourth-order valence-electron chi connectivity index (χ4n) is 3.88. The number of hydrogen-bond acceptors (Lipinski definition) is 8. The largest absolute Gasteiger partial charge is 0.353 e. The molecule has 5 rings (SSSR count). The minimum Gasteiger partial charge on any atom is -0.353 e. The lowest BCUT2D eigenvalue weighted by atomic mass is 10.2. The predicted molar refractivity (Wildman–Crippen MR) is 105 cm³/mol. The zero-order valence-corrected chi connectivity index (χ0v) is 15.2. The normalized spacial score (nSPS) is 17.7. The average Bonchev–Trinajstić information content (AvgIpc) is 3.29. The first-order chi connectivity index (χ1) is 13.4. The topological polar surface area (TPSA) is 74.2 Å². The van der Waals surface area contributed by atoms with Crippen molar-refractivity contribution in [3.05, 3.63) is 37.1 Å². The summed E-state index contributed by atoms with van der Waals surface area (Å²) in [5, 5.41) is 1.05. The second kappa shape index (κ2) is 6.94. The third-order valence-electron chi connectivity index (χ3n) is 5.34. The molecule has 5 heterocycles. The molecule has 0 aromatic carbocycles. The van der Waals surface area contributed by atoms with Gasteiger partial charge in [-0.1, -0.05) is 0 Å². The lowest BCUT2D eigenvalue weighted by molar-refractivity contribution is 0.642. The van der Waals surface area contributed by atoms with Crippen LogP contribution < -0.4 is 14.7 Å².